The molecule has 1 fully saturated rings. The van der Waals surface area contributed by atoms with Crippen LogP contribution in [0.2, 0.25) is 8.62 Å². The van der Waals surface area contributed by atoms with Crippen LogP contribution in [0.5, 0.6) is 0 Å². The van der Waals surface area contributed by atoms with Crippen LogP contribution in [-0.4, -0.2) is 31.7 Å². The molecule has 15 heavy (non-hydrogen) atoms. The van der Waals surface area contributed by atoms with E-state index in [1.165, 1.54) is 0 Å². The molecule has 3 heteroatoms. The summed E-state index contributed by atoms with van der Waals surface area (Å²) in [5, 5.41) is 0. The van der Waals surface area contributed by atoms with Crippen molar-refractivity contribution in [3.63, 3.8) is 0 Å². The SMILES string of the molecule is CC1[CH]([Mo])[CH]([Mo])C([N+](C)(C)C)[C@H](C)C1C. The van der Waals surface area contributed by atoms with E-state index in [0.29, 0.717) is 0 Å². The third-order valence-electron chi connectivity index (χ3n) is 4.27. The predicted molar refractivity (Wildman–Crippen MR) is 56.8 cm³/mol. The molecule has 0 aromatic rings. The normalized spacial score (nSPS) is 47.9. The quantitative estimate of drug-likeness (QED) is 0.489. The van der Waals surface area contributed by atoms with Crippen LogP contribution in [0.1, 0.15) is 20.8 Å². The second-order valence-electron chi connectivity index (χ2n) is 6.11. The van der Waals surface area contributed by atoms with Crippen molar-refractivity contribution in [1.82, 2.24) is 0 Å². The first-order valence-corrected chi connectivity index (χ1v) is 8.12. The van der Waals surface area contributed by atoms with Crippen molar-refractivity contribution < 1.29 is 44.1 Å². The first-order chi connectivity index (χ1) is 6.68. The molecule has 5 unspecified atom stereocenters. The zero-order chi connectivity index (χ0) is 12.0. The van der Waals surface area contributed by atoms with Crippen LogP contribution in [0.25, 0.3) is 0 Å². The van der Waals surface area contributed by atoms with Crippen molar-refractivity contribution in [3.8, 4) is 0 Å². The van der Waals surface area contributed by atoms with Crippen molar-refractivity contribution in [1.29, 1.82) is 0 Å². The molecule has 1 saturated carbocycles. The van der Waals surface area contributed by atoms with Gasteiger partial charge in [0.25, 0.3) is 0 Å². The van der Waals surface area contributed by atoms with Gasteiger partial charge in [-0.3, -0.25) is 0 Å². The fraction of sp³-hybridized carbons (Fsp3) is 1.00. The van der Waals surface area contributed by atoms with Gasteiger partial charge in [-0.1, -0.05) is 0 Å². The Morgan fingerprint density at radius 3 is 1.60 bits per heavy atom. The summed E-state index contributed by atoms with van der Waals surface area (Å²) in [6.45, 7) is 7.35. The molecule has 0 aliphatic heterocycles. The average Bonchev–Trinajstić information content (AvgIpc) is 2.09. The fourth-order valence-corrected chi connectivity index (χ4v) is 6.15. The van der Waals surface area contributed by atoms with Crippen LogP contribution in [0.15, 0.2) is 0 Å². The summed E-state index contributed by atoms with van der Waals surface area (Å²) in [6.07, 6.45) is 0. The number of rotatable bonds is 1. The maximum absolute atomic E-state index is 2.46. The monoisotopic (exact) mass is 378 g/mol. The summed E-state index contributed by atoms with van der Waals surface area (Å²) in [7, 11) is 7.07. The van der Waals surface area contributed by atoms with Crippen molar-refractivity contribution in [3.05, 3.63) is 0 Å². The number of hydrogen-bond donors (Lipinski definition) is 0. The predicted octanol–water partition coefficient (Wildman–Crippen LogP) is 2.65. The Morgan fingerprint density at radius 2 is 1.20 bits per heavy atom. The van der Waals surface area contributed by atoms with Crippen LogP contribution in [-0.2, 0) is 39.6 Å². The number of quaternary nitrogens is 1. The minimum absolute atomic E-state index is 0.818. The topological polar surface area (TPSA) is 0 Å². The van der Waals surface area contributed by atoms with E-state index >= 15 is 0 Å². The van der Waals surface area contributed by atoms with Gasteiger partial charge in [-0.15, -0.1) is 0 Å². The van der Waals surface area contributed by atoms with Crippen LogP contribution in [0.4, 0.5) is 0 Å². The summed E-state index contributed by atoms with van der Waals surface area (Å²) in [6, 6.07) is 0.818. The molecule has 1 aliphatic rings. The second kappa shape index (κ2) is 4.91. The van der Waals surface area contributed by atoms with Gasteiger partial charge in [0.05, 0.1) is 0 Å². The minimum atomic E-state index is 0.818. The Hall–Kier alpha value is 1.34. The number of hydrogen-bond acceptors (Lipinski definition) is 0. The van der Waals surface area contributed by atoms with E-state index in [-0.39, 0.29) is 0 Å². The zero-order valence-electron chi connectivity index (χ0n) is 10.7. The fourth-order valence-electron chi connectivity index (χ4n) is 3.03. The van der Waals surface area contributed by atoms with Gasteiger partial charge in [-0.25, -0.2) is 0 Å². The third-order valence-corrected chi connectivity index (χ3v) is 8.67. The Morgan fingerprint density at radius 1 is 0.733 bits per heavy atom. The molecule has 0 heterocycles. The zero-order valence-corrected chi connectivity index (χ0v) is 14.7. The van der Waals surface area contributed by atoms with Gasteiger partial charge >= 0.3 is 118 Å². The molecule has 0 aromatic carbocycles. The molecule has 1 nitrogen and oxygen atoms in total. The van der Waals surface area contributed by atoms with E-state index in [2.05, 4.69) is 81.5 Å². The molecule has 0 saturated heterocycles. The Labute approximate surface area is 118 Å². The molecule has 0 spiro atoms. The molecule has 0 aromatic heterocycles. The summed E-state index contributed by atoms with van der Waals surface area (Å²) in [4.78, 5) is 0. The second-order valence-corrected chi connectivity index (χ2v) is 8.79. The molecular formula is C12H24Mo2N+. The van der Waals surface area contributed by atoms with Gasteiger partial charge in [0.1, 0.15) is 0 Å². The standard InChI is InChI=1S/C12H24N.2Mo/c1-9-7-8-12(13(4,5)6)11(3)10(9)2;;/h7-12H,1-6H3;;/q+1;;/t9?,10?,11-,12?;;/m1../s1. The van der Waals surface area contributed by atoms with Crippen molar-refractivity contribution in [2.45, 2.75) is 35.4 Å². The van der Waals surface area contributed by atoms with Gasteiger partial charge in [0.15, 0.2) is 0 Å². The van der Waals surface area contributed by atoms with Crippen molar-refractivity contribution in [2.24, 2.45) is 17.8 Å². The maximum atomic E-state index is 2.46. The third kappa shape index (κ3) is 2.78. The van der Waals surface area contributed by atoms with Crippen LogP contribution in [0, 0.1) is 17.8 Å². The molecule has 1 aliphatic carbocycles. The summed E-state index contributed by atoms with van der Waals surface area (Å²) >= 11 is 4.75. The van der Waals surface area contributed by atoms with E-state index in [1.807, 2.05) is 0 Å². The van der Waals surface area contributed by atoms with E-state index in [4.69, 9.17) is 0 Å². The summed E-state index contributed by atoms with van der Waals surface area (Å²) in [5.41, 5.74) is 0. The van der Waals surface area contributed by atoms with Gasteiger partial charge in [-0.05, 0) is 0 Å². The summed E-state index contributed by atoms with van der Waals surface area (Å²) < 4.78 is 2.85. The molecule has 0 radical (unpaired) electrons. The Bertz CT molecular complexity index is 208. The van der Waals surface area contributed by atoms with Gasteiger partial charge in [0, 0.05) is 0 Å². The van der Waals surface area contributed by atoms with Crippen molar-refractivity contribution in [2.75, 3.05) is 21.1 Å². The molecule has 0 N–H and O–H groups in total. The molecule has 0 amide bonds. The number of nitrogens with zero attached hydrogens (tertiary/aromatic N) is 1. The van der Waals surface area contributed by atoms with E-state index in [1.54, 1.807) is 0 Å². The average molecular weight is 374 g/mol. The molecule has 1 rings (SSSR count). The van der Waals surface area contributed by atoms with Crippen LogP contribution < -0.4 is 0 Å². The summed E-state index contributed by atoms with van der Waals surface area (Å²) in [5.74, 6) is 2.59. The van der Waals surface area contributed by atoms with E-state index in [9.17, 15) is 0 Å². The van der Waals surface area contributed by atoms with Gasteiger partial charge in [-0.2, -0.15) is 0 Å². The van der Waals surface area contributed by atoms with Gasteiger partial charge < -0.3 is 0 Å². The van der Waals surface area contributed by atoms with Crippen molar-refractivity contribution >= 4 is 0 Å². The van der Waals surface area contributed by atoms with Crippen LogP contribution >= 0.6 is 0 Å². The van der Waals surface area contributed by atoms with Crippen LogP contribution in [0.3, 0.4) is 0 Å². The molecule has 6 atom stereocenters. The Kier molecular flexibility index (Phi) is 4.71. The Balaban J connectivity index is 2.97. The van der Waals surface area contributed by atoms with E-state index < -0.39 is 0 Å². The molecule has 88 valence electrons. The van der Waals surface area contributed by atoms with E-state index in [0.717, 1.165) is 36.9 Å². The first kappa shape index (κ1) is 14.4. The first-order valence-electron chi connectivity index (χ1n) is 5.80. The molecule has 0 bridgehead atoms. The molecular weight excluding hydrogens is 350 g/mol. The van der Waals surface area contributed by atoms with Gasteiger partial charge in [0.2, 0.25) is 0 Å².